The van der Waals surface area contributed by atoms with Crippen LogP contribution in [0.5, 0.6) is 0 Å². The fourth-order valence-electron chi connectivity index (χ4n) is 2.34. The van der Waals surface area contributed by atoms with Gasteiger partial charge in [-0.3, -0.25) is 15.1 Å². The van der Waals surface area contributed by atoms with Crippen LogP contribution in [0.2, 0.25) is 0 Å². The van der Waals surface area contributed by atoms with Crippen LogP contribution in [0.15, 0.2) is 12.1 Å². The van der Waals surface area contributed by atoms with Crippen molar-refractivity contribution in [2.75, 3.05) is 13.1 Å². The van der Waals surface area contributed by atoms with E-state index in [0.29, 0.717) is 24.4 Å². The maximum atomic E-state index is 12.7. The molecule has 0 bridgehead atoms. The Balaban J connectivity index is 1.96. The molecule has 1 aliphatic heterocycles. The minimum Gasteiger partial charge on any atom is -0.298 e. The van der Waals surface area contributed by atoms with Gasteiger partial charge in [-0.05, 0) is 31.5 Å². The molecule has 1 aromatic rings. The number of hydrogen-bond acceptors (Lipinski definition) is 4. The number of carbonyl (C=O) groups excluding carboxylic acids is 1. The normalized spacial score (nSPS) is 20.9. The fourth-order valence-corrected chi connectivity index (χ4v) is 3.30. The first kappa shape index (κ1) is 15.3. The number of alkyl halides is 3. The molecule has 2 heterocycles. The summed E-state index contributed by atoms with van der Waals surface area (Å²) in [6.45, 7) is 1.12. The van der Waals surface area contributed by atoms with E-state index in [9.17, 15) is 18.0 Å². The molecule has 1 amide bonds. The number of rotatable bonds is 3. The van der Waals surface area contributed by atoms with Crippen molar-refractivity contribution in [3.63, 3.8) is 0 Å². The van der Waals surface area contributed by atoms with Gasteiger partial charge in [-0.15, -0.1) is 11.3 Å². The molecule has 1 aromatic heterocycles. The molecule has 112 valence electrons. The molecule has 4 nitrogen and oxygen atoms in total. The Morgan fingerprint density at radius 3 is 2.90 bits per heavy atom. The monoisotopic (exact) mass is 307 g/mol. The lowest BCUT2D eigenvalue weighted by Gasteiger charge is -2.33. The smallest absolute Gasteiger partial charge is 0.298 e. The molecule has 1 fully saturated rings. The molecule has 2 rings (SSSR count). The average molecular weight is 307 g/mol. The number of nitrogens with zero attached hydrogens (tertiary/aromatic N) is 1. The van der Waals surface area contributed by atoms with Gasteiger partial charge in [-0.1, -0.05) is 0 Å². The van der Waals surface area contributed by atoms with E-state index < -0.39 is 12.1 Å². The molecular weight excluding hydrogens is 291 g/mol. The molecular formula is C12H16F3N3OS. The maximum Gasteiger partial charge on any atom is 0.393 e. The summed E-state index contributed by atoms with van der Waals surface area (Å²) in [5.41, 5.74) is 2.03. The standard InChI is InChI=1S/C12H16F3N3OS/c13-12(14,15)8-2-1-5-18(6-8)7-9-3-4-10(20-9)11(19)17-16/h3-4,8H,1-2,5-7,16H2,(H,17,19). The van der Waals surface area contributed by atoms with Crippen LogP contribution in [-0.4, -0.2) is 30.1 Å². The minimum absolute atomic E-state index is 0.0276. The van der Waals surface area contributed by atoms with Crippen LogP contribution >= 0.6 is 11.3 Å². The first-order valence-corrected chi connectivity index (χ1v) is 7.10. The van der Waals surface area contributed by atoms with E-state index in [1.165, 1.54) is 11.3 Å². The van der Waals surface area contributed by atoms with E-state index in [0.717, 1.165) is 4.88 Å². The second-order valence-electron chi connectivity index (χ2n) is 4.86. The quantitative estimate of drug-likeness (QED) is 0.511. The van der Waals surface area contributed by atoms with Crippen LogP contribution in [0.4, 0.5) is 13.2 Å². The number of thiophene rings is 1. The summed E-state index contributed by atoms with van der Waals surface area (Å²) in [7, 11) is 0. The summed E-state index contributed by atoms with van der Waals surface area (Å²) in [5.74, 6) is 3.41. The number of hydrazine groups is 1. The molecule has 0 radical (unpaired) electrons. The van der Waals surface area contributed by atoms with Crippen LogP contribution in [0.3, 0.4) is 0 Å². The second kappa shape index (κ2) is 6.11. The zero-order valence-electron chi connectivity index (χ0n) is 10.7. The summed E-state index contributed by atoms with van der Waals surface area (Å²) in [5, 5.41) is 0. The Morgan fingerprint density at radius 2 is 2.25 bits per heavy atom. The lowest BCUT2D eigenvalue weighted by molar-refractivity contribution is -0.187. The molecule has 1 atom stereocenters. The van der Waals surface area contributed by atoms with Crippen molar-refractivity contribution in [3.05, 3.63) is 21.9 Å². The van der Waals surface area contributed by atoms with Crippen LogP contribution in [0, 0.1) is 5.92 Å². The van der Waals surface area contributed by atoms with E-state index in [-0.39, 0.29) is 18.9 Å². The third-order valence-corrected chi connectivity index (χ3v) is 4.43. The van der Waals surface area contributed by atoms with Gasteiger partial charge < -0.3 is 0 Å². The van der Waals surface area contributed by atoms with Crippen molar-refractivity contribution in [3.8, 4) is 0 Å². The Hall–Kier alpha value is -1.12. The summed E-state index contributed by atoms with van der Waals surface area (Å²) < 4.78 is 38.2. The Bertz CT molecular complexity index is 475. The van der Waals surface area contributed by atoms with Gasteiger partial charge in [0.2, 0.25) is 0 Å². The third-order valence-electron chi connectivity index (χ3n) is 3.36. The number of hydrogen-bond donors (Lipinski definition) is 2. The lowest BCUT2D eigenvalue weighted by atomic mass is 9.97. The molecule has 20 heavy (non-hydrogen) atoms. The molecule has 0 aromatic carbocycles. The zero-order valence-corrected chi connectivity index (χ0v) is 11.6. The highest BCUT2D eigenvalue weighted by Gasteiger charge is 2.41. The minimum atomic E-state index is -4.13. The lowest BCUT2D eigenvalue weighted by Crippen LogP contribution is -2.41. The molecule has 8 heteroatoms. The molecule has 1 aliphatic rings. The zero-order chi connectivity index (χ0) is 14.8. The van der Waals surface area contributed by atoms with Crippen molar-refractivity contribution in [2.45, 2.75) is 25.6 Å². The largest absolute Gasteiger partial charge is 0.393 e. The summed E-state index contributed by atoms with van der Waals surface area (Å²) in [4.78, 5) is 14.4. The number of piperidine rings is 1. The predicted octanol–water partition coefficient (Wildman–Crippen LogP) is 2.13. The molecule has 3 N–H and O–H groups in total. The van der Waals surface area contributed by atoms with Crippen LogP contribution in [-0.2, 0) is 6.54 Å². The number of nitrogens with two attached hydrogens (primary N) is 1. The van der Waals surface area contributed by atoms with Crippen molar-refractivity contribution < 1.29 is 18.0 Å². The Morgan fingerprint density at radius 1 is 1.50 bits per heavy atom. The van der Waals surface area contributed by atoms with Gasteiger partial charge in [-0.25, -0.2) is 5.84 Å². The van der Waals surface area contributed by atoms with Gasteiger partial charge in [0.15, 0.2) is 0 Å². The van der Waals surface area contributed by atoms with E-state index in [4.69, 9.17) is 5.84 Å². The Kier molecular flexibility index (Phi) is 4.66. The van der Waals surface area contributed by atoms with Gasteiger partial charge in [0.25, 0.3) is 5.91 Å². The molecule has 0 saturated carbocycles. The second-order valence-corrected chi connectivity index (χ2v) is 6.02. The van der Waals surface area contributed by atoms with Gasteiger partial charge in [0.1, 0.15) is 0 Å². The van der Waals surface area contributed by atoms with Gasteiger partial charge in [-0.2, -0.15) is 13.2 Å². The summed E-state index contributed by atoms with van der Waals surface area (Å²) in [6.07, 6.45) is -3.38. The average Bonchev–Trinajstić information content (AvgIpc) is 2.85. The number of amides is 1. The highest BCUT2D eigenvalue weighted by Crippen LogP contribution is 2.33. The third kappa shape index (κ3) is 3.71. The van der Waals surface area contributed by atoms with Crippen LogP contribution < -0.4 is 11.3 Å². The fraction of sp³-hybridized carbons (Fsp3) is 0.583. The first-order chi connectivity index (χ1) is 9.40. The number of halogens is 3. The molecule has 1 unspecified atom stereocenters. The van der Waals surface area contributed by atoms with E-state index in [1.807, 2.05) is 5.43 Å². The van der Waals surface area contributed by atoms with Crippen molar-refractivity contribution in [2.24, 2.45) is 11.8 Å². The van der Waals surface area contributed by atoms with E-state index in [1.54, 1.807) is 17.0 Å². The van der Waals surface area contributed by atoms with Crippen LogP contribution in [0.1, 0.15) is 27.4 Å². The molecule has 0 aliphatic carbocycles. The molecule has 0 spiro atoms. The maximum absolute atomic E-state index is 12.7. The number of nitrogen functional groups attached to an aromatic ring is 1. The summed E-state index contributed by atoms with van der Waals surface area (Å²) >= 11 is 1.25. The van der Waals surface area contributed by atoms with E-state index >= 15 is 0 Å². The molecule has 1 saturated heterocycles. The van der Waals surface area contributed by atoms with Crippen molar-refractivity contribution in [1.29, 1.82) is 0 Å². The van der Waals surface area contributed by atoms with Crippen molar-refractivity contribution >= 4 is 17.2 Å². The van der Waals surface area contributed by atoms with Gasteiger partial charge in [0.05, 0.1) is 10.8 Å². The van der Waals surface area contributed by atoms with Gasteiger partial charge in [0, 0.05) is 18.0 Å². The van der Waals surface area contributed by atoms with E-state index in [2.05, 4.69) is 0 Å². The highest BCUT2D eigenvalue weighted by molar-refractivity contribution is 7.14. The van der Waals surface area contributed by atoms with Gasteiger partial charge >= 0.3 is 6.18 Å². The number of carbonyl (C=O) groups is 1. The van der Waals surface area contributed by atoms with Crippen molar-refractivity contribution in [1.82, 2.24) is 10.3 Å². The predicted molar refractivity (Wildman–Crippen MR) is 70.0 cm³/mol. The number of nitrogens with one attached hydrogen (secondary N) is 1. The number of likely N-dealkylation sites (tertiary alicyclic amines) is 1. The highest BCUT2D eigenvalue weighted by atomic mass is 32.1. The Labute approximate surface area is 118 Å². The van der Waals surface area contributed by atoms with Crippen LogP contribution in [0.25, 0.3) is 0 Å². The first-order valence-electron chi connectivity index (χ1n) is 6.29. The topological polar surface area (TPSA) is 58.4 Å². The summed E-state index contributed by atoms with van der Waals surface area (Å²) in [6, 6.07) is 3.39. The SMILES string of the molecule is NNC(=O)c1ccc(CN2CCCC(C(F)(F)F)C2)s1.